The number of carboxylic acid groups (broad SMARTS) is 1. The Bertz CT molecular complexity index is 3000. The first kappa shape index (κ1) is 81.4. The molecule has 0 aromatic rings. The van der Waals surface area contributed by atoms with Crippen molar-refractivity contribution in [2.45, 2.75) is 296 Å². The zero-order valence-corrected chi connectivity index (χ0v) is 58.6. The SMILES string of the molecule is C.C/C=C(/C)C(=O)OC1CC(C)(C)CC2C3=CCC4C5(C)CCC(OC6OC(C)C(OC7OC(C(=O)O)C(O)C(OC8OC(CO)C(O)C(O)C8OC8OC(CO)C(O)C(O)C8O)C7O)C(O)C6O)C(C)(C)C5CCC4(C)C3(C)C(OC(=O)/C=C/C=C/C=C/CCC)C(OC(C)=O)C12CO. The second-order valence-electron chi connectivity index (χ2n) is 30.9. The highest BCUT2D eigenvalue weighted by Gasteiger charge is 2.77. The molecule has 4 heterocycles. The Morgan fingerprint density at radius 2 is 1.20 bits per heavy atom. The molecule has 0 aromatic heterocycles. The quantitative estimate of drug-likeness (QED) is 0.0196. The van der Waals surface area contributed by atoms with Gasteiger partial charge in [0.1, 0.15) is 97.7 Å². The summed E-state index contributed by atoms with van der Waals surface area (Å²) < 4.78 is 67.4. The molecule has 28 heteroatoms. The molecule has 0 amide bonds. The number of aliphatic hydroxyl groups excluding tert-OH is 12. The Hall–Kier alpha value is -4.22. The topological polar surface area (TPSA) is 433 Å². The van der Waals surface area contributed by atoms with Crippen LogP contribution in [0.1, 0.15) is 148 Å². The van der Waals surface area contributed by atoms with E-state index in [1.807, 2.05) is 18.2 Å². The summed E-state index contributed by atoms with van der Waals surface area (Å²) in [5.41, 5.74) is -3.54. The molecule has 4 saturated heterocycles. The fourth-order valence-corrected chi connectivity index (χ4v) is 18.6. The van der Waals surface area contributed by atoms with Gasteiger partial charge in [0.2, 0.25) is 0 Å². The summed E-state index contributed by atoms with van der Waals surface area (Å²) in [6.45, 7) is 20.8. The summed E-state index contributed by atoms with van der Waals surface area (Å²) in [6.07, 6.45) is -22.6. The van der Waals surface area contributed by atoms with Crippen molar-refractivity contribution in [3.05, 3.63) is 59.8 Å². The third-order valence-electron chi connectivity index (χ3n) is 24.2. The van der Waals surface area contributed by atoms with Gasteiger partial charge in [-0.2, -0.15) is 0 Å². The van der Waals surface area contributed by atoms with Crippen LogP contribution in [-0.2, 0) is 71.3 Å². The van der Waals surface area contributed by atoms with E-state index < -0.39 is 229 Å². The van der Waals surface area contributed by atoms with Gasteiger partial charge in [0, 0.05) is 24.0 Å². The number of rotatable bonds is 21. The number of hydrogen-bond donors (Lipinski definition) is 13. The Balaban J connectivity index is 0.0000127. The number of esters is 3. The van der Waals surface area contributed by atoms with Gasteiger partial charge in [-0.3, -0.25) is 4.79 Å². The van der Waals surface area contributed by atoms with E-state index in [1.165, 1.54) is 19.9 Å². The Labute approximate surface area is 584 Å². The summed E-state index contributed by atoms with van der Waals surface area (Å²) in [4.78, 5) is 55.0. The van der Waals surface area contributed by atoms with E-state index in [-0.39, 0.29) is 19.3 Å². The highest BCUT2D eigenvalue weighted by molar-refractivity contribution is 5.88. The van der Waals surface area contributed by atoms with Gasteiger partial charge in [-0.25, -0.2) is 14.4 Å². The van der Waals surface area contributed by atoms with Gasteiger partial charge in [-0.1, -0.05) is 117 Å². The lowest BCUT2D eigenvalue weighted by molar-refractivity contribution is -0.394. The van der Waals surface area contributed by atoms with E-state index in [0.717, 1.165) is 18.4 Å². The van der Waals surface area contributed by atoms with Crippen LogP contribution < -0.4 is 0 Å². The van der Waals surface area contributed by atoms with E-state index in [9.17, 15) is 85.6 Å². The fourth-order valence-electron chi connectivity index (χ4n) is 18.6. The van der Waals surface area contributed by atoms with Crippen molar-refractivity contribution < 1.29 is 138 Å². The minimum Gasteiger partial charge on any atom is -0.479 e. The zero-order valence-electron chi connectivity index (χ0n) is 58.6. The molecule has 9 aliphatic rings. The summed E-state index contributed by atoms with van der Waals surface area (Å²) in [5.74, 6) is -4.47. The van der Waals surface area contributed by atoms with Crippen molar-refractivity contribution >= 4 is 23.9 Å². The second kappa shape index (κ2) is 31.8. The van der Waals surface area contributed by atoms with Crippen LogP contribution in [0.2, 0.25) is 0 Å². The second-order valence-corrected chi connectivity index (χ2v) is 30.9. The van der Waals surface area contributed by atoms with Gasteiger partial charge in [-0.15, -0.1) is 0 Å². The van der Waals surface area contributed by atoms with Gasteiger partial charge in [0.25, 0.3) is 0 Å². The van der Waals surface area contributed by atoms with Crippen LogP contribution in [0.25, 0.3) is 0 Å². The smallest absolute Gasteiger partial charge is 0.335 e. The fraction of sp³-hybridized carbons (Fsp3) is 0.806. The van der Waals surface area contributed by atoms with Crippen LogP contribution in [0, 0.1) is 50.2 Å². The van der Waals surface area contributed by atoms with Crippen molar-refractivity contribution in [3.63, 3.8) is 0 Å². The molecule has 0 spiro atoms. The van der Waals surface area contributed by atoms with Crippen molar-refractivity contribution in [1.82, 2.24) is 0 Å². The van der Waals surface area contributed by atoms with Crippen molar-refractivity contribution in [2.75, 3.05) is 19.8 Å². The predicted octanol–water partition coefficient (Wildman–Crippen LogP) is 2.21. The number of carbonyl (C=O) groups is 4. The lowest BCUT2D eigenvalue weighted by atomic mass is 9.32. The number of allylic oxidation sites excluding steroid dienone is 7. The number of ether oxygens (including phenoxy) is 11. The highest BCUT2D eigenvalue weighted by atomic mass is 16.8. The molecule has 31 atom stereocenters. The normalized spacial score (nSPS) is 46.3. The van der Waals surface area contributed by atoms with Crippen molar-refractivity contribution in [1.29, 1.82) is 0 Å². The Morgan fingerprint density at radius 1 is 0.610 bits per heavy atom. The number of carbonyl (C=O) groups excluding carboxylic acids is 3. The van der Waals surface area contributed by atoms with Crippen LogP contribution in [0.4, 0.5) is 0 Å². The molecule has 28 nitrogen and oxygen atoms in total. The Kier molecular flexibility index (Phi) is 25.9. The molecule has 568 valence electrons. The molecule has 31 unspecified atom stereocenters. The lowest BCUT2D eigenvalue weighted by Gasteiger charge is -2.73. The number of unbranched alkanes of at least 4 members (excludes halogenated alkanes) is 1. The maximum absolute atomic E-state index is 14.6. The van der Waals surface area contributed by atoms with Crippen LogP contribution in [0.15, 0.2) is 59.8 Å². The molecule has 5 aliphatic carbocycles. The van der Waals surface area contributed by atoms with Crippen molar-refractivity contribution in [3.8, 4) is 0 Å². The number of fused-ring (bicyclic) bond motifs is 7. The van der Waals surface area contributed by atoms with Gasteiger partial charge in [-0.05, 0) is 112 Å². The summed E-state index contributed by atoms with van der Waals surface area (Å²) >= 11 is 0. The molecular weight excluding hydrogens is 1310 g/mol. The third kappa shape index (κ3) is 14.8. The molecule has 100 heavy (non-hydrogen) atoms. The van der Waals surface area contributed by atoms with Gasteiger partial charge >= 0.3 is 23.9 Å². The Morgan fingerprint density at radius 3 is 1.82 bits per heavy atom. The standard InChI is InChI=1S/C71H108O28.CH4/c1-13-15-16-17-18-19-20-21-44(76)95-58-59(90-35(5)75)71(32-74)37(28-66(6,7)29-43(71)93-61(88)33(3)14-2)36-22-23-41-68(10)26-25-42(67(8,9)40(68)24-27-69(41,11)70(36,58)12)94-62-51(83)49(81)54(34(4)89-62)96-64-53(85)55(52(84)56(98-64)60(86)87)97-65-57(48(80)46(78)39(31-73)92-65)99-63-50(82)47(79)45(77)38(30-72)91-63;/h14,16-22,34,37-43,45-59,62-65,72-74,77-85H,13,15,23-32H2,1-12H3,(H,86,87);1H4/b17-16+,19-18+,21-20+,33-14-;. The number of aliphatic hydroxyl groups is 12. The van der Waals surface area contributed by atoms with Gasteiger partial charge in [0.05, 0.1) is 37.4 Å². The first-order valence-electron chi connectivity index (χ1n) is 34.8. The molecule has 0 radical (unpaired) electrons. The van der Waals surface area contributed by atoms with Crippen LogP contribution in [0.3, 0.4) is 0 Å². The average Bonchev–Trinajstić information content (AvgIpc) is 0.661. The molecule has 4 saturated carbocycles. The maximum Gasteiger partial charge on any atom is 0.335 e. The number of carboxylic acids is 1. The molecular formula is C72H112O28. The highest BCUT2D eigenvalue weighted by Crippen LogP contribution is 2.77. The van der Waals surface area contributed by atoms with Crippen molar-refractivity contribution in [2.24, 2.45) is 50.2 Å². The molecule has 0 bridgehead atoms. The van der Waals surface area contributed by atoms with E-state index in [0.29, 0.717) is 50.5 Å². The molecule has 13 N–H and O–H groups in total. The average molecular weight is 1430 g/mol. The van der Waals surface area contributed by atoms with E-state index in [4.69, 9.17) is 52.1 Å². The first-order valence-corrected chi connectivity index (χ1v) is 34.8. The number of aliphatic carboxylic acids is 1. The summed E-state index contributed by atoms with van der Waals surface area (Å²) in [5, 5.41) is 143. The first-order chi connectivity index (χ1) is 46.5. The molecule has 4 aliphatic heterocycles. The lowest BCUT2D eigenvalue weighted by Crippen LogP contribution is -2.75. The third-order valence-corrected chi connectivity index (χ3v) is 24.2. The molecule has 8 fully saturated rings. The monoisotopic (exact) mass is 1420 g/mol. The van der Waals surface area contributed by atoms with E-state index in [1.54, 1.807) is 32.1 Å². The predicted molar refractivity (Wildman–Crippen MR) is 352 cm³/mol. The minimum atomic E-state index is -2.28. The van der Waals surface area contributed by atoms with Crippen LogP contribution in [0.5, 0.6) is 0 Å². The largest absolute Gasteiger partial charge is 0.479 e. The van der Waals surface area contributed by atoms with E-state index in [2.05, 4.69) is 61.5 Å². The number of hydrogen-bond acceptors (Lipinski definition) is 27. The van der Waals surface area contributed by atoms with E-state index >= 15 is 0 Å². The zero-order chi connectivity index (χ0) is 73.0. The summed E-state index contributed by atoms with van der Waals surface area (Å²) in [7, 11) is 0. The minimum absolute atomic E-state index is 0. The van der Waals surface area contributed by atoms with Gasteiger partial charge < -0.3 is 118 Å². The maximum atomic E-state index is 14.6. The van der Waals surface area contributed by atoms with Gasteiger partial charge in [0.15, 0.2) is 37.4 Å². The molecule has 0 aromatic carbocycles. The molecule has 9 rings (SSSR count). The van der Waals surface area contributed by atoms with Crippen LogP contribution >= 0.6 is 0 Å². The van der Waals surface area contributed by atoms with Crippen LogP contribution in [-0.4, -0.2) is 257 Å². The summed E-state index contributed by atoms with van der Waals surface area (Å²) in [6, 6.07) is 0.